The standard InChI is InChI=1S/C19H22N4O2/c24-18(15-11-14-5-1-2-6-16(14)21-12-15)23-10-7-20-13-17(23)19(25)22-8-3-4-9-22/h1-2,5-6,11-12,17,20H,3-4,7-10,13H2/t17-/m0/s1. The molecule has 0 spiro atoms. The van der Waals surface area contributed by atoms with Crippen LogP contribution in [0.4, 0.5) is 0 Å². The quantitative estimate of drug-likeness (QED) is 0.896. The lowest BCUT2D eigenvalue weighted by Crippen LogP contribution is -2.59. The smallest absolute Gasteiger partial charge is 0.256 e. The summed E-state index contributed by atoms with van der Waals surface area (Å²) in [5, 5.41) is 4.18. The van der Waals surface area contributed by atoms with E-state index >= 15 is 0 Å². The molecule has 2 amide bonds. The minimum absolute atomic E-state index is 0.0619. The van der Waals surface area contributed by atoms with Crippen LogP contribution in [0.2, 0.25) is 0 Å². The lowest BCUT2D eigenvalue weighted by atomic mass is 10.1. The first-order valence-corrected chi connectivity index (χ1v) is 8.89. The van der Waals surface area contributed by atoms with Gasteiger partial charge in [-0.15, -0.1) is 0 Å². The number of para-hydroxylation sites is 1. The van der Waals surface area contributed by atoms with E-state index in [1.54, 1.807) is 11.1 Å². The van der Waals surface area contributed by atoms with Gasteiger partial charge in [-0.2, -0.15) is 0 Å². The normalized spacial score (nSPS) is 20.9. The molecule has 0 bridgehead atoms. The van der Waals surface area contributed by atoms with Gasteiger partial charge in [0.15, 0.2) is 0 Å². The Labute approximate surface area is 146 Å². The summed E-state index contributed by atoms with van der Waals surface area (Å²) in [6.07, 6.45) is 3.72. The van der Waals surface area contributed by atoms with Gasteiger partial charge in [-0.25, -0.2) is 0 Å². The van der Waals surface area contributed by atoms with Crippen molar-refractivity contribution in [2.24, 2.45) is 0 Å². The highest BCUT2D eigenvalue weighted by molar-refractivity contribution is 6.00. The Morgan fingerprint density at radius 3 is 2.76 bits per heavy atom. The first kappa shape index (κ1) is 16.0. The fourth-order valence-electron chi connectivity index (χ4n) is 3.67. The molecule has 0 aliphatic carbocycles. The van der Waals surface area contributed by atoms with Crippen molar-refractivity contribution < 1.29 is 9.59 Å². The van der Waals surface area contributed by atoms with Gasteiger partial charge in [0.2, 0.25) is 5.91 Å². The number of piperazine rings is 1. The first-order valence-electron chi connectivity index (χ1n) is 8.89. The SMILES string of the molecule is O=C([C@@H]1CNCCN1C(=O)c1cnc2ccccc2c1)N1CCCC1. The largest absolute Gasteiger partial charge is 0.341 e. The average molecular weight is 338 g/mol. The Morgan fingerprint density at radius 1 is 1.12 bits per heavy atom. The number of hydrogen-bond acceptors (Lipinski definition) is 4. The summed E-state index contributed by atoms with van der Waals surface area (Å²) in [5.74, 6) is -0.0518. The molecule has 0 radical (unpaired) electrons. The zero-order valence-electron chi connectivity index (χ0n) is 14.1. The van der Waals surface area contributed by atoms with E-state index in [0.29, 0.717) is 25.2 Å². The first-order chi connectivity index (χ1) is 12.2. The molecule has 2 fully saturated rings. The third kappa shape index (κ3) is 3.09. The summed E-state index contributed by atoms with van der Waals surface area (Å²) in [7, 11) is 0. The van der Waals surface area contributed by atoms with E-state index in [0.717, 1.165) is 36.8 Å². The highest BCUT2D eigenvalue weighted by Gasteiger charge is 2.36. The molecule has 4 rings (SSSR count). The molecule has 6 nitrogen and oxygen atoms in total. The molecule has 2 aliphatic heterocycles. The molecule has 1 aromatic heterocycles. The van der Waals surface area contributed by atoms with E-state index < -0.39 is 6.04 Å². The summed E-state index contributed by atoms with van der Waals surface area (Å²) in [6, 6.07) is 9.17. The summed E-state index contributed by atoms with van der Waals surface area (Å²) in [6.45, 7) is 3.36. The monoisotopic (exact) mass is 338 g/mol. The van der Waals surface area contributed by atoms with Crippen LogP contribution < -0.4 is 5.32 Å². The van der Waals surface area contributed by atoms with E-state index in [-0.39, 0.29) is 11.8 Å². The van der Waals surface area contributed by atoms with Gasteiger partial charge in [0.1, 0.15) is 6.04 Å². The van der Waals surface area contributed by atoms with Crippen molar-refractivity contribution in [2.45, 2.75) is 18.9 Å². The lowest BCUT2D eigenvalue weighted by molar-refractivity contribution is -0.135. The van der Waals surface area contributed by atoms with Gasteiger partial charge in [0, 0.05) is 44.3 Å². The van der Waals surface area contributed by atoms with Gasteiger partial charge in [0.25, 0.3) is 5.91 Å². The number of carbonyl (C=O) groups is 2. The molecule has 2 aliphatic rings. The number of amides is 2. The molecule has 25 heavy (non-hydrogen) atoms. The summed E-state index contributed by atoms with van der Waals surface area (Å²) < 4.78 is 0. The molecule has 1 aromatic carbocycles. The minimum atomic E-state index is -0.425. The average Bonchev–Trinajstić information content (AvgIpc) is 3.21. The number of fused-ring (bicyclic) bond motifs is 1. The van der Waals surface area contributed by atoms with Crippen molar-refractivity contribution >= 4 is 22.7 Å². The van der Waals surface area contributed by atoms with Crippen molar-refractivity contribution in [1.29, 1.82) is 0 Å². The Hall–Kier alpha value is -2.47. The maximum absolute atomic E-state index is 13.1. The molecule has 2 aromatic rings. The third-order valence-corrected chi connectivity index (χ3v) is 5.04. The number of rotatable bonds is 2. The van der Waals surface area contributed by atoms with Crippen LogP contribution in [0, 0.1) is 0 Å². The molecular weight excluding hydrogens is 316 g/mol. The lowest BCUT2D eigenvalue weighted by Gasteiger charge is -2.37. The van der Waals surface area contributed by atoms with Crippen LogP contribution in [-0.2, 0) is 4.79 Å². The highest BCUT2D eigenvalue weighted by atomic mass is 16.2. The number of likely N-dealkylation sites (tertiary alicyclic amines) is 1. The molecule has 0 unspecified atom stereocenters. The predicted molar refractivity (Wildman–Crippen MR) is 95.3 cm³/mol. The van der Waals surface area contributed by atoms with E-state index in [4.69, 9.17) is 0 Å². The van der Waals surface area contributed by atoms with Crippen molar-refractivity contribution in [3.8, 4) is 0 Å². The predicted octanol–water partition coefficient (Wildman–Crippen LogP) is 1.27. The van der Waals surface area contributed by atoms with Gasteiger partial charge in [-0.05, 0) is 25.0 Å². The Morgan fingerprint density at radius 2 is 1.92 bits per heavy atom. The molecule has 3 heterocycles. The number of aromatic nitrogens is 1. The van der Waals surface area contributed by atoms with Crippen molar-refractivity contribution in [3.63, 3.8) is 0 Å². The molecule has 1 N–H and O–H groups in total. The fraction of sp³-hybridized carbons (Fsp3) is 0.421. The maximum Gasteiger partial charge on any atom is 0.256 e. The Balaban J connectivity index is 1.60. The Bertz CT molecular complexity index is 801. The van der Waals surface area contributed by atoms with Crippen LogP contribution in [0.15, 0.2) is 36.5 Å². The maximum atomic E-state index is 13.1. The van der Waals surface area contributed by atoms with Gasteiger partial charge < -0.3 is 15.1 Å². The van der Waals surface area contributed by atoms with Crippen LogP contribution >= 0.6 is 0 Å². The van der Waals surface area contributed by atoms with Gasteiger partial charge in [-0.1, -0.05) is 18.2 Å². The summed E-state index contributed by atoms with van der Waals surface area (Å²) in [4.78, 5) is 33.9. The number of hydrogen-bond donors (Lipinski definition) is 1. The van der Waals surface area contributed by atoms with Crippen molar-refractivity contribution in [1.82, 2.24) is 20.1 Å². The van der Waals surface area contributed by atoms with Crippen molar-refractivity contribution in [2.75, 3.05) is 32.7 Å². The van der Waals surface area contributed by atoms with E-state index in [1.165, 1.54) is 0 Å². The molecule has 2 saturated heterocycles. The summed E-state index contributed by atoms with van der Waals surface area (Å²) in [5.41, 5.74) is 1.41. The zero-order valence-corrected chi connectivity index (χ0v) is 14.1. The second kappa shape index (κ2) is 6.80. The zero-order chi connectivity index (χ0) is 17.2. The van der Waals surface area contributed by atoms with Crippen LogP contribution in [0.25, 0.3) is 10.9 Å². The minimum Gasteiger partial charge on any atom is -0.341 e. The van der Waals surface area contributed by atoms with Crippen LogP contribution in [0.5, 0.6) is 0 Å². The number of nitrogens with zero attached hydrogens (tertiary/aromatic N) is 3. The topological polar surface area (TPSA) is 65.5 Å². The van der Waals surface area contributed by atoms with E-state index in [9.17, 15) is 9.59 Å². The second-order valence-electron chi connectivity index (χ2n) is 6.67. The highest BCUT2D eigenvalue weighted by Crippen LogP contribution is 2.18. The number of nitrogens with one attached hydrogen (secondary N) is 1. The van der Waals surface area contributed by atoms with Gasteiger partial charge in [-0.3, -0.25) is 14.6 Å². The van der Waals surface area contributed by atoms with Gasteiger partial charge >= 0.3 is 0 Å². The van der Waals surface area contributed by atoms with Crippen LogP contribution in [-0.4, -0.2) is 65.4 Å². The third-order valence-electron chi connectivity index (χ3n) is 5.04. The molecule has 6 heteroatoms. The Kier molecular flexibility index (Phi) is 4.36. The number of carbonyl (C=O) groups excluding carboxylic acids is 2. The van der Waals surface area contributed by atoms with E-state index in [2.05, 4.69) is 10.3 Å². The van der Waals surface area contributed by atoms with E-state index in [1.807, 2.05) is 35.2 Å². The fourth-order valence-corrected chi connectivity index (χ4v) is 3.67. The molecule has 130 valence electrons. The number of benzene rings is 1. The summed E-state index contributed by atoms with van der Waals surface area (Å²) >= 11 is 0. The van der Waals surface area contributed by atoms with Crippen LogP contribution in [0.3, 0.4) is 0 Å². The molecule has 0 saturated carbocycles. The second-order valence-corrected chi connectivity index (χ2v) is 6.67. The molecular formula is C19H22N4O2. The van der Waals surface area contributed by atoms with Crippen molar-refractivity contribution in [3.05, 3.63) is 42.1 Å². The molecule has 1 atom stereocenters. The van der Waals surface area contributed by atoms with Crippen LogP contribution in [0.1, 0.15) is 23.2 Å². The van der Waals surface area contributed by atoms with Gasteiger partial charge in [0.05, 0.1) is 11.1 Å². The number of pyridine rings is 1.